The molecular formula is C18H16F3N3O8S. The van der Waals surface area contributed by atoms with Crippen LogP contribution in [0.2, 0.25) is 0 Å². The molecule has 0 saturated heterocycles. The summed E-state index contributed by atoms with van der Waals surface area (Å²) in [7, 11) is -6.02. The number of guanidine groups is 1. The molecule has 0 spiro atoms. The number of nitrogens with one attached hydrogen (secondary N) is 2. The van der Waals surface area contributed by atoms with Gasteiger partial charge in [0, 0.05) is 0 Å². The predicted molar refractivity (Wildman–Crippen MR) is 105 cm³/mol. The van der Waals surface area contributed by atoms with Gasteiger partial charge in [-0.2, -0.15) is 21.6 Å². The summed E-state index contributed by atoms with van der Waals surface area (Å²) in [6, 6.07) is 11.1. The number of hydrogen-bond donors (Lipinski definition) is 4. The number of alkyl halides is 3. The Balaban J connectivity index is 2.15. The van der Waals surface area contributed by atoms with Crippen LogP contribution in [-0.2, 0) is 32.9 Å². The van der Waals surface area contributed by atoms with Crippen molar-refractivity contribution in [3.63, 3.8) is 0 Å². The highest BCUT2D eigenvalue weighted by molar-refractivity contribution is 7.91. The third-order valence-electron chi connectivity index (χ3n) is 3.79. The zero-order valence-corrected chi connectivity index (χ0v) is 17.2. The Bertz CT molecular complexity index is 1090. The van der Waals surface area contributed by atoms with E-state index in [0.29, 0.717) is 0 Å². The van der Waals surface area contributed by atoms with Crippen molar-refractivity contribution in [2.24, 2.45) is 4.40 Å². The number of hydrogen-bond acceptors (Lipinski definition) is 6. The fraction of sp³-hybridized carbons (Fsp3) is 0.167. The Labute approximate surface area is 184 Å². The number of carboxylic acid groups (broad SMARTS) is 2. The van der Waals surface area contributed by atoms with E-state index in [4.69, 9.17) is 19.9 Å². The van der Waals surface area contributed by atoms with Crippen molar-refractivity contribution in [2.45, 2.75) is 18.7 Å². The topological polar surface area (TPSA) is 164 Å². The van der Waals surface area contributed by atoms with E-state index in [1.807, 2.05) is 11.0 Å². The highest BCUT2D eigenvalue weighted by Crippen LogP contribution is 2.24. The summed E-state index contributed by atoms with van der Waals surface area (Å²) in [6.07, 6.45) is 0. The Morgan fingerprint density at radius 1 is 0.848 bits per heavy atom. The highest BCUT2D eigenvalue weighted by Gasteiger charge is 2.46. The number of nitrogens with zero attached hydrogens (tertiary/aromatic N) is 1. The Kier molecular flexibility index (Phi) is 8.33. The van der Waals surface area contributed by atoms with Gasteiger partial charge in [-0.15, -0.1) is 4.40 Å². The van der Waals surface area contributed by atoms with Crippen LogP contribution >= 0.6 is 0 Å². The van der Waals surface area contributed by atoms with E-state index in [0.717, 1.165) is 0 Å². The van der Waals surface area contributed by atoms with E-state index < -0.39 is 46.6 Å². The normalized spacial score (nSPS) is 11.5. The van der Waals surface area contributed by atoms with Gasteiger partial charge in [-0.05, 0) is 23.3 Å². The predicted octanol–water partition coefficient (Wildman–Crippen LogP) is 2.03. The summed E-state index contributed by atoms with van der Waals surface area (Å²) in [6.45, 7) is -1.01. The van der Waals surface area contributed by atoms with E-state index >= 15 is 0 Å². The molecule has 0 unspecified atom stereocenters. The van der Waals surface area contributed by atoms with Gasteiger partial charge in [0.15, 0.2) is 0 Å². The molecule has 0 amide bonds. The third kappa shape index (κ3) is 7.16. The lowest BCUT2D eigenvalue weighted by Gasteiger charge is -2.14. The molecule has 0 heterocycles. The summed E-state index contributed by atoms with van der Waals surface area (Å²) in [5.74, 6) is -3.73. The fourth-order valence-electron chi connectivity index (χ4n) is 2.30. The molecule has 0 bridgehead atoms. The Morgan fingerprint density at radius 2 is 1.24 bits per heavy atom. The van der Waals surface area contributed by atoms with Crippen molar-refractivity contribution < 1.29 is 51.1 Å². The molecule has 0 aliphatic rings. The van der Waals surface area contributed by atoms with Crippen molar-refractivity contribution in [1.82, 2.24) is 11.0 Å². The molecule has 2 aromatic rings. The molecule has 33 heavy (non-hydrogen) atoms. The minimum absolute atomic E-state index is 0.117. The van der Waals surface area contributed by atoms with E-state index in [9.17, 15) is 31.2 Å². The van der Waals surface area contributed by atoms with Crippen LogP contribution in [0.3, 0.4) is 0 Å². The maximum atomic E-state index is 12.7. The lowest BCUT2D eigenvalue weighted by atomic mass is 10.1. The second kappa shape index (κ2) is 10.8. The molecule has 0 fully saturated rings. The smallest absolute Gasteiger partial charge is 0.478 e. The van der Waals surface area contributed by atoms with Gasteiger partial charge in [0.1, 0.15) is 13.2 Å². The molecule has 0 aliphatic carbocycles. The fourth-order valence-corrected chi connectivity index (χ4v) is 2.72. The van der Waals surface area contributed by atoms with Gasteiger partial charge < -0.3 is 10.2 Å². The average molecular weight is 491 g/mol. The van der Waals surface area contributed by atoms with Gasteiger partial charge >= 0.3 is 27.5 Å². The van der Waals surface area contributed by atoms with Gasteiger partial charge in [-0.25, -0.2) is 20.5 Å². The zero-order valence-electron chi connectivity index (χ0n) is 16.4. The first kappa shape index (κ1) is 25.6. The van der Waals surface area contributed by atoms with E-state index in [2.05, 4.69) is 4.40 Å². The van der Waals surface area contributed by atoms with Crippen LogP contribution in [-0.4, -0.2) is 42.0 Å². The van der Waals surface area contributed by atoms with Gasteiger partial charge in [-0.1, -0.05) is 36.4 Å². The van der Waals surface area contributed by atoms with Gasteiger partial charge in [0.05, 0.1) is 11.1 Å². The Morgan fingerprint density at radius 3 is 1.61 bits per heavy atom. The molecule has 0 atom stereocenters. The zero-order chi connectivity index (χ0) is 24.6. The van der Waals surface area contributed by atoms with Crippen LogP contribution in [0.25, 0.3) is 0 Å². The van der Waals surface area contributed by atoms with E-state index in [1.165, 1.54) is 48.5 Å². The maximum absolute atomic E-state index is 12.7. The summed E-state index contributed by atoms with van der Waals surface area (Å²) in [4.78, 5) is 32.1. The molecule has 2 aromatic carbocycles. The van der Waals surface area contributed by atoms with Crippen molar-refractivity contribution in [1.29, 1.82) is 0 Å². The first-order valence-electron chi connectivity index (χ1n) is 8.71. The molecule has 2 rings (SSSR count). The van der Waals surface area contributed by atoms with Crippen molar-refractivity contribution in [3.8, 4) is 0 Å². The van der Waals surface area contributed by atoms with Gasteiger partial charge in [0.25, 0.3) is 5.96 Å². The van der Waals surface area contributed by atoms with Gasteiger partial charge in [-0.3, -0.25) is 9.68 Å². The lowest BCUT2D eigenvalue weighted by Crippen LogP contribution is -2.39. The largest absolute Gasteiger partial charge is 0.518 e. The maximum Gasteiger partial charge on any atom is 0.518 e. The number of sulfonamides is 1. The molecule has 178 valence electrons. The average Bonchev–Trinajstić information content (AvgIpc) is 2.73. The summed E-state index contributed by atoms with van der Waals surface area (Å²) in [5.41, 5.74) is -2.18. The van der Waals surface area contributed by atoms with E-state index in [-0.39, 0.29) is 22.3 Å². The number of rotatable bonds is 9. The molecule has 0 aliphatic heterocycles. The van der Waals surface area contributed by atoms with Crippen LogP contribution in [0, 0.1) is 0 Å². The number of aromatic carboxylic acids is 2. The van der Waals surface area contributed by atoms with Crippen LogP contribution in [0.1, 0.15) is 31.8 Å². The summed E-state index contributed by atoms with van der Waals surface area (Å²) in [5, 5.41) is 18.2. The number of halogens is 3. The second-order valence-electron chi connectivity index (χ2n) is 6.07. The first-order chi connectivity index (χ1) is 15.4. The van der Waals surface area contributed by atoms with Crippen molar-refractivity contribution in [3.05, 3.63) is 70.8 Å². The van der Waals surface area contributed by atoms with Crippen molar-refractivity contribution >= 4 is 27.9 Å². The molecule has 4 N–H and O–H groups in total. The van der Waals surface area contributed by atoms with Crippen LogP contribution < -0.4 is 11.0 Å². The Hall–Kier alpha value is -3.69. The van der Waals surface area contributed by atoms with Crippen LogP contribution in [0.15, 0.2) is 52.9 Å². The summed E-state index contributed by atoms with van der Waals surface area (Å²) >= 11 is 0. The minimum atomic E-state index is -6.02. The van der Waals surface area contributed by atoms with Crippen LogP contribution in [0.5, 0.6) is 0 Å². The first-order valence-corrected chi connectivity index (χ1v) is 10.2. The molecule has 11 nitrogen and oxygen atoms in total. The molecule has 15 heteroatoms. The van der Waals surface area contributed by atoms with Gasteiger partial charge in [0.2, 0.25) is 0 Å². The van der Waals surface area contributed by atoms with E-state index in [1.54, 1.807) is 0 Å². The highest BCUT2D eigenvalue weighted by atomic mass is 32.2. The summed E-state index contributed by atoms with van der Waals surface area (Å²) < 4.78 is 63.3. The third-order valence-corrected chi connectivity index (χ3v) is 4.80. The van der Waals surface area contributed by atoms with Crippen molar-refractivity contribution in [2.75, 3.05) is 0 Å². The molecular weight excluding hydrogens is 475 g/mol. The number of hydroxylamine groups is 2. The number of carbonyl (C=O) groups is 2. The second-order valence-corrected chi connectivity index (χ2v) is 7.66. The molecule has 0 saturated carbocycles. The number of benzene rings is 2. The minimum Gasteiger partial charge on any atom is -0.478 e. The SMILES string of the molecule is O=C(O)c1ccccc1CONC(=NS(=O)(=O)C(F)(F)F)NOCc1ccccc1C(=O)O. The molecule has 0 aromatic heterocycles. The lowest BCUT2D eigenvalue weighted by molar-refractivity contribution is -0.0436. The van der Waals surface area contributed by atoms with Crippen LogP contribution in [0.4, 0.5) is 13.2 Å². The number of carboxylic acids is 2. The quantitative estimate of drug-likeness (QED) is 0.232. The molecule has 0 radical (unpaired) electrons. The monoisotopic (exact) mass is 491 g/mol. The standard InChI is InChI=1S/C18H16F3N3O8S/c19-18(20,21)33(29,30)24-17(22-31-9-11-5-1-3-7-13(11)15(25)26)23-32-10-12-6-2-4-8-14(12)16(27)28/h1-8H,9-10H2,(H,25,26)(H,27,28)(H2,22,23,24).